The van der Waals surface area contributed by atoms with Crippen molar-refractivity contribution in [3.63, 3.8) is 0 Å². The van der Waals surface area contributed by atoms with Gasteiger partial charge in [-0.3, -0.25) is 0 Å². The summed E-state index contributed by atoms with van der Waals surface area (Å²) >= 11 is 4.82. The second kappa shape index (κ2) is 4.93. The van der Waals surface area contributed by atoms with Crippen LogP contribution < -0.4 is 10.6 Å². The van der Waals surface area contributed by atoms with Crippen LogP contribution >= 0.6 is 12.2 Å². The molecule has 1 heterocycles. The summed E-state index contributed by atoms with van der Waals surface area (Å²) in [6.07, 6.45) is 4.90. The summed E-state index contributed by atoms with van der Waals surface area (Å²) in [6.45, 7) is 0.887. The minimum absolute atomic E-state index is 0.114. The lowest BCUT2D eigenvalue weighted by Gasteiger charge is -2.34. The van der Waals surface area contributed by atoms with Crippen LogP contribution in [0.25, 0.3) is 0 Å². The molecule has 0 saturated heterocycles. The van der Waals surface area contributed by atoms with Crippen molar-refractivity contribution < 1.29 is 5.11 Å². The first-order valence-corrected chi connectivity index (χ1v) is 5.98. The molecule has 17 heavy (non-hydrogen) atoms. The summed E-state index contributed by atoms with van der Waals surface area (Å²) < 4.78 is 0. The van der Waals surface area contributed by atoms with Gasteiger partial charge in [0.15, 0.2) is 0 Å². The molecule has 1 saturated carbocycles. The van der Waals surface area contributed by atoms with Crippen molar-refractivity contribution in [3.8, 4) is 0 Å². The molecule has 0 radical (unpaired) electrons. The zero-order valence-corrected chi connectivity index (χ0v) is 10.5. The summed E-state index contributed by atoms with van der Waals surface area (Å²) in [5.41, 5.74) is 5.99. The van der Waals surface area contributed by atoms with Crippen LogP contribution in [0.3, 0.4) is 0 Å². The Hall–Kier alpha value is -1.27. The molecule has 3 N–H and O–H groups in total. The highest BCUT2D eigenvalue weighted by Crippen LogP contribution is 2.28. The number of hydrogen-bond donors (Lipinski definition) is 2. The van der Waals surface area contributed by atoms with Gasteiger partial charge in [0.05, 0.1) is 18.5 Å². The van der Waals surface area contributed by atoms with Gasteiger partial charge in [-0.2, -0.15) is 0 Å². The highest BCUT2D eigenvalue weighted by atomic mass is 32.1. The topological polar surface area (TPSA) is 75.3 Å². The Bertz CT molecular complexity index is 402. The lowest BCUT2D eigenvalue weighted by atomic mass is 9.82. The Morgan fingerprint density at radius 1 is 1.53 bits per heavy atom. The number of thiocarbonyl (C=S) groups is 1. The Labute approximate surface area is 106 Å². The number of aromatic nitrogens is 2. The van der Waals surface area contributed by atoms with Crippen molar-refractivity contribution in [2.45, 2.75) is 18.9 Å². The molecule has 0 bridgehead atoms. The van der Waals surface area contributed by atoms with Gasteiger partial charge >= 0.3 is 0 Å². The summed E-state index contributed by atoms with van der Waals surface area (Å²) in [6, 6.07) is 0. The average Bonchev–Trinajstić information content (AvgIpc) is 2.27. The molecule has 1 aliphatic rings. The molecule has 2 rings (SSSR count). The van der Waals surface area contributed by atoms with Crippen LogP contribution in [0.5, 0.6) is 0 Å². The van der Waals surface area contributed by atoms with Crippen molar-refractivity contribution in [1.29, 1.82) is 0 Å². The van der Waals surface area contributed by atoms with Crippen molar-refractivity contribution in [3.05, 3.63) is 18.1 Å². The fourth-order valence-corrected chi connectivity index (χ4v) is 2.08. The molecule has 5 nitrogen and oxygen atoms in total. The van der Waals surface area contributed by atoms with Crippen LogP contribution in [0.4, 0.5) is 5.82 Å². The number of rotatable bonds is 4. The van der Waals surface area contributed by atoms with Crippen molar-refractivity contribution >= 4 is 23.0 Å². The first-order valence-electron chi connectivity index (χ1n) is 5.57. The molecule has 0 spiro atoms. The van der Waals surface area contributed by atoms with E-state index < -0.39 is 0 Å². The second-order valence-corrected chi connectivity index (χ2v) is 4.94. The zero-order chi connectivity index (χ0) is 12.4. The first kappa shape index (κ1) is 12.2. The maximum absolute atomic E-state index is 9.22. The predicted octanol–water partition coefficient (Wildman–Crippen LogP) is 0.318. The molecule has 0 unspecified atom stereocenters. The molecule has 92 valence electrons. The van der Waals surface area contributed by atoms with Crippen LogP contribution in [0.2, 0.25) is 0 Å². The number of anilines is 1. The third-order valence-corrected chi connectivity index (χ3v) is 3.23. The molecular weight excluding hydrogens is 236 g/mol. The Balaban J connectivity index is 1.94. The molecule has 0 aliphatic heterocycles. The zero-order valence-electron chi connectivity index (χ0n) is 9.71. The minimum Gasteiger partial charge on any atom is -0.393 e. The van der Waals surface area contributed by atoms with E-state index in [-0.39, 0.29) is 11.1 Å². The van der Waals surface area contributed by atoms with Gasteiger partial charge in [0.1, 0.15) is 16.5 Å². The quantitative estimate of drug-likeness (QED) is 0.752. The summed E-state index contributed by atoms with van der Waals surface area (Å²) in [7, 11) is 1.97. The molecule has 1 fully saturated rings. The Morgan fingerprint density at radius 2 is 2.24 bits per heavy atom. The van der Waals surface area contributed by atoms with Crippen LogP contribution in [0.1, 0.15) is 18.5 Å². The maximum atomic E-state index is 9.22. The van der Waals surface area contributed by atoms with Gasteiger partial charge in [-0.05, 0) is 18.8 Å². The van der Waals surface area contributed by atoms with E-state index in [0.29, 0.717) is 11.6 Å². The van der Waals surface area contributed by atoms with Crippen LogP contribution in [-0.2, 0) is 0 Å². The highest BCUT2D eigenvalue weighted by molar-refractivity contribution is 7.80. The van der Waals surface area contributed by atoms with E-state index in [1.807, 2.05) is 11.9 Å². The summed E-state index contributed by atoms with van der Waals surface area (Å²) in [5, 5.41) is 9.22. The molecule has 6 heteroatoms. The SMILES string of the molecule is CN(CC1CC(O)C1)c1cnc(C(N)=S)cn1. The predicted molar refractivity (Wildman–Crippen MR) is 69.9 cm³/mol. The fraction of sp³-hybridized carbons (Fsp3) is 0.545. The smallest absolute Gasteiger partial charge is 0.146 e. The molecule has 0 amide bonds. The normalized spacial score (nSPS) is 22.9. The van der Waals surface area contributed by atoms with Gasteiger partial charge in [-0.15, -0.1) is 0 Å². The van der Waals surface area contributed by atoms with E-state index >= 15 is 0 Å². The molecule has 0 aromatic carbocycles. The Kier molecular flexibility index (Phi) is 3.54. The van der Waals surface area contributed by atoms with Crippen LogP contribution in [-0.4, -0.2) is 39.8 Å². The maximum Gasteiger partial charge on any atom is 0.146 e. The molecule has 1 aromatic heterocycles. The monoisotopic (exact) mass is 252 g/mol. The number of hydrogen-bond acceptors (Lipinski definition) is 5. The first-order chi connectivity index (χ1) is 8.06. The molecule has 1 aromatic rings. The van der Waals surface area contributed by atoms with Crippen LogP contribution in [0.15, 0.2) is 12.4 Å². The standard InChI is InChI=1S/C11H16N4OS/c1-15(6-7-2-8(16)3-7)10-5-13-9(4-14-10)11(12)17/h4-5,7-8,16H,2-3,6H2,1H3,(H2,12,17). The van der Waals surface area contributed by atoms with E-state index in [0.717, 1.165) is 25.2 Å². The van der Waals surface area contributed by atoms with E-state index in [1.54, 1.807) is 12.4 Å². The molecular formula is C11H16N4OS. The van der Waals surface area contributed by atoms with E-state index in [1.165, 1.54) is 0 Å². The fourth-order valence-electron chi connectivity index (χ4n) is 1.98. The van der Waals surface area contributed by atoms with E-state index in [4.69, 9.17) is 18.0 Å². The van der Waals surface area contributed by atoms with E-state index in [9.17, 15) is 5.11 Å². The third kappa shape index (κ3) is 2.89. The molecule has 1 aliphatic carbocycles. The van der Waals surface area contributed by atoms with Gasteiger partial charge < -0.3 is 15.7 Å². The Morgan fingerprint density at radius 3 is 2.71 bits per heavy atom. The van der Waals surface area contributed by atoms with Crippen molar-refractivity contribution in [2.24, 2.45) is 11.7 Å². The lowest BCUT2D eigenvalue weighted by Crippen LogP contribution is -2.37. The second-order valence-electron chi connectivity index (χ2n) is 4.50. The highest BCUT2D eigenvalue weighted by Gasteiger charge is 2.28. The van der Waals surface area contributed by atoms with Gasteiger partial charge in [0.25, 0.3) is 0 Å². The summed E-state index contributed by atoms with van der Waals surface area (Å²) in [4.78, 5) is 10.7. The molecule has 0 atom stereocenters. The summed E-state index contributed by atoms with van der Waals surface area (Å²) in [5.74, 6) is 1.35. The average molecular weight is 252 g/mol. The van der Waals surface area contributed by atoms with Gasteiger partial charge in [0.2, 0.25) is 0 Å². The largest absolute Gasteiger partial charge is 0.393 e. The van der Waals surface area contributed by atoms with Crippen LogP contribution in [0, 0.1) is 5.92 Å². The number of aliphatic hydroxyl groups is 1. The number of nitrogens with zero attached hydrogens (tertiary/aromatic N) is 3. The lowest BCUT2D eigenvalue weighted by molar-refractivity contribution is 0.0464. The van der Waals surface area contributed by atoms with Crippen molar-refractivity contribution in [2.75, 3.05) is 18.5 Å². The van der Waals surface area contributed by atoms with Gasteiger partial charge in [-0.25, -0.2) is 9.97 Å². The van der Waals surface area contributed by atoms with Gasteiger partial charge in [-0.1, -0.05) is 12.2 Å². The minimum atomic E-state index is -0.114. The third-order valence-electron chi connectivity index (χ3n) is 3.02. The number of nitrogens with two attached hydrogens (primary N) is 1. The van der Waals surface area contributed by atoms with E-state index in [2.05, 4.69) is 9.97 Å². The van der Waals surface area contributed by atoms with Gasteiger partial charge in [0, 0.05) is 13.6 Å². The van der Waals surface area contributed by atoms with Crippen molar-refractivity contribution in [1.82, 2.24) is 9.97 Å². The number of aliphatic hydroxyl groups excluding tert-OH is 1.